The maximum atomic E-state index is 12.7. The van der Waals surface area contributed by atoms with Crippen LogP contribution in [0, 0.1) is 6.92 Å². The van der Waals surface area contributed by atoms with Gasteiger partial charge in [0.1, 0.15) is 23.6 Å². The molecule has 35 heavy (non-hydrogen) atoms. The summed E-state index contributed by atoms with van der Waals surface area (Å²) < 4.78 is 8.61. The molecule has 1 aromatic carbocycles. The molecule has 5 rings (SSSR count). The Balaban J connectivity index is 1.52. The Hall–Kier alpha value is -3.50. The van der Waals surface area contributed by atoms with Crippen molar-refractivity contribution in [1.82, 2.24) is 29.5 Å². The second kappa shape index (κ2) is 9.27. The van der Waals surface area contributed by atoms with Crippen LogP contribution in [-0.2, 0) is 4.79 Å². The van der Waals surface area contributed by atoms with Crippen LogP contribution in [0.4, 0.5) is 5.82 Å². The number of methoxy groups -OCH3 is 1. The van der Waals surface area contributed by atoms with Gasteiger partial charge in [-0.15, -0.1) is 11.3 Å². The summed E-state index contributed by atoms with van der Waals surface area (Å²) in [4.78, 5) is 26.3. The van der Waals surface area contributed by atoms with Crippen molar-refractivity contribution in [2.75, 3.05) is 46.6 Å². The molecule has 10 heteroatoms. The average molecular weight is 492 g/mol. The first-order valence-corrected chi connectivity index (χ1v) is 12.3. The van der Waals surface area contributed by atoms with Crippen LogP contribution in [0.15, 0.2) is 36.7 Å². The fourth-order valence-electron chi connectivity index (χ4n) is 4.57. The maximum absolute atomic E-state index is 12.7. The molecule has 0 radical (unpaired) electrons. The molecule has 1 aliphatic rings. The highest BCUT2D eigenvalue weighted by molar-refractivity contribution is 7.22. The molecule has 1 aliphatic heterocycles. The van der Waals surface area contributed by atoms with Crippen molar-refractivity contribution in [2.45, 2.75) is 19.4 Å². The number of aryl methyl sites for hydroxylation is 1. The largest absolute Gasteiger partial charge is 0.495 e. The lowest BCUT2D eigenvalue weighted by molar-refractivity contribution is -0.125. The van der Waals surface area contributed by atoms with Crippen LogP contribution in [-0.4, -0.2) is 76.3 Å². The van der Waals surface area contributed by atoms with Gasteiger partial charge >= 0.3 is 0 Å². The van der Waals surface area contributed by atoms with Crippen molar-refractivity contribution in [2.24, 2.45) is 0 Å². The molecule has 4 aromatic rings. The van der Waals surface area contributed by atoms with Crippen molar-refractivity contribution in [1.29, 1.82) is 0 Å². The summed E-state index contributed by atoms with van der Waals surface area (Å²) in [6.45, 7) is 4.03. The number of carbonyl (C=O) groups excluding carboxylic acids is 1. The normalized spacial score (nSPS) is 16.4. The number of carbonyl (C=O) groups is 1. The molecule has 0 bridgehead atoms. The molecule has 2 N–H and O–H groups in total. The third kappa shape index (κ3) is 4.35. The highest BCUT2D eigenvalue weighted by Crippen LogP contribution is 2.42. The van der Waals surface area contributed by atoms with Gasteiger partial charge < -0.3 is 20.3 Å². The van der Waals surface area contributed by atoms with Crippen LogP contribution < -0.4 is 10.5 Å². The highest BCUT2D eigenvalue weighted by atomic mass is 32.1. The van der Waals surface area contributed by atoms with E-state index >= 15 is 0 Å². The fourth-order valence-corrected chi connectivity index (χ4v) is 5.69. The minimum Gasteiger partial charge on any atom is -0.495 e. The number of amides is 1. The molecule has 0 spiro atoms. The summed E-state index contributed by atoms with van der Waals surface area (Å²) in [6.07, 6.45) is 5.82. The van der Waals surface area contributed by atoms with Gasteiger partial charge in [-0.05, 0) is 50.5 Å². The quantitative estimate of drug-likeness (QED) is 0.412. The van der Waals surface area contributed by atoms with Gasteiger partial charge in [-0.3, -0.25) is 4.79 Å². The van der Waals surface area contributed by atoms with Crippen LogP contribution >= 0.6 is 11.3 Å². The van der Waals surface area contributed by atoms with Gasteiger partial charge in [0, 0.05) is 25.7 Å². The smallest absolute Gasteiger partial charge is 0.246 e. The molecule has 1 amide bonds. The summed E-state index contributed by atoms with van der Waals surface area (Å²) in [7, 11) is 5.64. The minimum atomic E-state index is 0.0120. The number of rotatable bonds is 6. The summed E-state index contributed by atoms with van der Waals surface area (Å²) in [5.41, 5.74) is 8.91. The lowest BCUT2D eigenvalue weighted by atomic mass is 10.1. The third-order valence-corrected chi connectivity index (χ3v) is 7.42. The summed E-state index contributed by atoms with van der Waals surface area (Å²) in [5, 5.41) is 6.84. The van der Waals surface area contributed by atoms with Gasteiger partial charge in [0.2, 0.25) is 5.91 Å². The van der Waals surface area contributed by atoms with Crippen molar-refractivity contribution >= 4 is 44.2 Å². The first-order chi connectivity index (χ1) is 16.9. The Morgan fingerprint density at radius 3 is 2.91 bits per heavy atom. The Morgan fingerprint density at radius 1 is 1.31 bits per heavy atom. The molecular formula is C25H29N7O2S. The highest BCUT2D eigenvalue weighted by Gasteiger charge is 2.30. The summed E-state index contributed by atoms with van der Waals surface area (Å²) in [6, 6.07) is 6.31. The number of aromatic nitrogens is 4. The Kier molecular flexibility index (Phi) is 6.16. The molecule has 1 unspecified atom stereocenters. The van der Waals surface area contributed by atoms with Gasteiger partial charge in [-0.25, -0.2) is 14.6 Å². The van der Waals surface area contributed by atoms with Crippen LogP contribution in [0.1, 0.15) is 18.0 Å². The van der Waals surface area contributed by atoms with Crippen LogP contribution in [0.5, 0.6) is 5.75 Å². The van der Waals surface area contributed by atoms with Gasteiger partial charge in [-0.1, -0.05) is 12.1 Å². The number of likely N-dealkylation sites (tertiary alicyclic amines) is 1. The summed E-state index contributed by atoms with van der Waals surface area (Å²) in [5.74, 6) is 1.26. The average Bonchev–Trinajstić information content (AvgIpc) is 3.54. The van der Waals surface area contributed by atoms with Crippen molar-refractivity contribution in [3.05, 3.63) is 42.2 Å². The molecule has 9 nitrogen and oxygen atoms in total. The lowest BCUT2D eigenvalue weighted by Gasteiger charge is -2.15. The zero-order chi connectivity index (χ0) is 24.7. The lowest BCUT2D eigenvalue weighted by Crippen LogP contribution is -2.28. The van der Waals surface area contributed by atoms with Crippen LogP contribution in [0.25, 0.3) is 31.7 Å². The second-order valence-electron chi connectivity index (χ2n) is 9.14. The number of anilines is 1. The van der Waals surface area contributed by atoms with E-state index in [1.54, 1.807) is 24.5 Å². The number of ether oxygens (including phenoxy) is 1. The molecule has 1 atom stereocenters. The molecular weight excluding hydrogens is 462 g/mol. The Morgan fingerprint density at radius 2 is 2.14 bits per heavy atom. The number of thiophene rings is 1. The number of nitrogens with zero attached hydrogens (tertiary/aromatic N) is 6. The van der Waals surface area contributed by atoms with E-state index in [1.807, 2.05) is 40.7 Å². The van der Waals surface area contributed by atoms with Gasteiger partial charge in [0.05, 0.1) is 28.1 Å². The van der Waals surface area contributed by atoms with Gasteiger partial charge in [0.25, 0.3) is 0 Å². The molecule has 3 aromatic heterocycles. The van der Waals surface area contributed by atoms with Crippen molar-refractivity contribution < 1.29 is 9.53 Å². The number of benzene rings is 1. The van der Waals surface area contributed by atoms with Crippen molar-refractivity contribution in [3.63, 3.8) is 0 Å². The first kappa shape index (κ1) is 23.3. The van der Waals surface area contributed by atoms with Gasteiger partial charge in [0.15, 0.2) is 5.65 Å². The number of hydrogen-bond acceptors (Lipinski definition) is 8. The maximum Gasteiger partial charge on any atom is 0.246 e. The van der Waals surface area contributed by atoms with E-state index in [0.29, 0.717) is 24.6 Å². The molecule has 0 saturated carbocycles. The number of nitrogen functional groups attached to an aromatic ring is 1. The minimum absolute atomic E-state index is 0.0120. The number of fused-ring (bicyclic) bond motifs is 2. The van der Waals surface area contributed by atoms with E-state index < -0.39 is 0 Å². The molecule has 0 aliphatic carbocycles. The number of nitrogens with two attached hydrogens (primary N) is 1. The fraction of sp³-hybridized carbons (Fsp3) is 0.360. The third-order valence-electron chi connectivity index (χ3n) is 6.25. The topological polar surface area (TPSA) is 102 Å². The van der Waals surface area contributed by atoms with Crippen molar-refractivity contribution in [3.8, 4) is 16.3 Å². The molecule has 182 valence electrons. The zero-order valence-electron chi connectivity index (χ0n) is 20.4. The molecule has 4 heterocycles. The summed E-state index contributed by atoms with van der Waals surface area (Å²) >= 11 is 1.62. The van der Waals surface area contributed by atoms with Crippen LogP contribution in [0.3, 0.4) is 0 Å². The monoisotopic (exact) mass is 491 g/mol. The van der Waals surface area contributed by atoms with E-state index in [2.05, 4.69) is 29.0 Å². The van der Waals surface area contributed by atoms with Gasteiger partial charge in [-0.2, -0.15) is 5.10 Å². The SMILES string of the molecule is COc1cc(C)cc2cc(-c3nn(C4CCN(C(=O)/C=C/CN(C)C)C4)c4ncnc(N)c34)sc12. The van der Waals surface area contributed by atoms with E-state index in [-0.39, 0.29) is 11.9 Å². The first-order valence-electron chi connectivity index (χ1n) is 11.5. The van der Waals surface area contributed by atoms with E-state index in [1.165, 1.54) is 6.33 Å². The van der Waals surface area contributed by atoms with Crippen LogP contribution in [0.2, 0.25) is 0 Å². The second-order valence-corrected chi connectivity index (χ2v) is 10.2. The van der Waals surface area contributed by atoms with E-state index in [4.69, 9.17) is 15.6 Å². The molecule has 1 saturated heterocycles. The standard InChI is InChI=1S/C25H29N7O2S/c1-15-10-16-12-19(35-23(16)18(11-15)34-4)22-21-24(26)27-14-28-25(21)32(29-22)17-7-9-31(13-17)20(33)6-5-8-30(2)3/h5-6,10-12,14,17H,7-9,13H2,1-4H3,(H2,26,27,28)/b6-5+. The Labute approximate surface area is 207 Å². The van der Waals surface area contributed by atoms with E-state index in [0.717, 1.165) is 50.3 Å². The zero-order valence-corrected chi connectivity index (χ0v) is 21.2. The number of hydrogen-bond donors (Lipinski definition) is 1. The van der Waals surface area contributed by atoms with E-state index in [9.17, 15) is 4.79 Å². The predicted molar refractivity (Wildman–Crippen MR) is 140 cm³/mol. The Bertz CT molecular complexity index is 1440. The predicted octanol–water partition coefficient (Wildman–Crippen LogP) is 3.50. The molecule has 1 fully saturated rings. The number of likely N-dealkylation sites (N-methyl/N-ethyl adjacent to an activating group) is 1.